The molecule has 0 bridgehead atoms. The van der Waals surface area contributed by atoms with Crippen LogP contribution in [-0.2, 0) is 9.59 Å². The molecular weight excluding hydrogens is 490 g/mol. The summed E-state index contributed by atoms with van der Waals surface area (Å²) in [6, 6.07) is 9.57. The Morgan fingerprint density at radius 3 is 2.69 bits per heavy atom. The molecule has 9 nitrogen and oxygen atoms in total. The molecule has 2 unspecified atom stereocenters. The van der Waals surface area contributed by atoms with Gasteiger partial charge in [-0.1, -0.05) is 26.0 Å². The Kier molecular flexibility index (Phi) is 6.82. The summed E-state index contributed by atoms with van der Waals surface area (Å²) in [4.78, 5) is 41.6. The van der Waals surface area contributed by atoms with Crippen molar-refractivity contribution >= 4 is 45.8 Å². The first-order chi connectivity index (χ1) is 16.6. The number of non-ortho nitro benzene ring substituents is 1. The second-order valence-corrected chi connectivity index (χ2v) is 10.7. The van der Waals surface area contributed by atoms with Gasteiger partial charge in [0.15, 0.2) is 5.13 Å². The molecule has 0 spiro atoms. The van der Waals surface area contributed by atoms with E-state index in [4.69, 9.17) is 4.98 Å². The smallest absolute Gasteiger partial charge is 0.305 e. The molecule has 1 amide bonds. The van der Waals surface area contributed by atoms with Crippen LogP contribution in [0.25, 0.3) is 11.3 Å². The van der Waals surface area contributed by atoms with Crippen molar-refractivity contribution in [3.05, 3.63) is 68.6 Å². The van der Waals surface area contributed by atoms with Gasteiger partial charge >= 0.3 is 5.97 Å². The summed E-state index contributed by atoms with van der Waals surface area (Å²) in [7, 11) is 0. The summed E-state index contributed by atoms with van der Waals surface area (Å²) in [5.41, 5.74) is 3.46. The first-order valence-electron chi connectivity index (χ1n) is 10.8. The van der Waals surface area contributed by atoms with Crippen LogP contribution >= 0.6 is 23.1 Å². The van der Waals surface area contributed by atoms with E-state index < -0.39 is 27.4 Å². The molecule has 2 heterocycles. The number of hydrogen-bond donors (Lipinski definition) is 2. The largest absolute Gasteiger partial charge is 0.508 e. The highest BCUT2D eigenvalue weighted by Gasteiger charge is 2.44. The number of carboxylic acids is 1. The van der Waals surface area contributed by atoms with E-state index in [9.17, 15) is 29.9 Å². The summed E-state index contributed by atoms with van der Waals surface area (Å²) in [5, 5.41) is 31.6. The van der Waals surface area contributed by atoms with Gasteiger partial charge in [-0.15, -0.1) is 23.1 Å². The third kappa shape index (κ3) is 4.87. The summed E-state index contributed by atoms with van der Waals surface area (Å²) in [6.45, 7) is 5.82. The van der Waals surface area contributed by atoms with Gasteiger partial charge in [-0.3, -0.25) is 24.6 Å². The van der Waals surface area contributed by atoms with Crippen LogP contribution in [0.1, 0.15) is 48.3 Å². The van der Waals surface area contributed by atoms with Gasteiger partial charge in [0.05, 0.1) is 22.3 Å². The van der Waals surface area contributed by atoms with E-state index in [2.05, 4.69) is 0 Å². The van der Waals surface area contributed by atoms with E-state index >= 15 is 0 Å². The number of carboxylic acid groups (broad SMARTS) is 1. The standard InChI is InChI=1S/C24H23N3O6S2/c1-12(2)16-9-17(13(3)7-19(16)28)18-11-34-24(25-18)26-22(31)20(10-21(29)30)35-23(26)14-5-4-6-15(8-14)27(32)33/h4-9,11-12,20,23,28H,10H2,1-3H3,(H,29,30). The Balaban J connectivity index is 1.76. The summed E-state index contributed by atoms with van der Waals surface area (Å²) in [6.07, 6.45) is -0.363. The lowest BCUT2D eigenvalue weighted by Crippen LogP contribution is -2.31. The number of carbonyl (C=O) groups is 2. The minimum atomic E-state index is -1.10. The number of aliphatic carboxylic acids is 1. The number of aromatic hydroxyl groups is 1. The van der Waals surface area contributed by atoms with Gasteiger partial charge in [-0.2, -0.15) is 0 Å². The molecule has 1 aliphatic rings. The number of thiazole rings is 1. The number of nitro groups is 1. The molecule has 1 aliphatic heterocycles. The number of benzene rings is 2. The summed E-state index contributed by atoms with van der Waals surface area (Å²) in [5.74, 6) is -1.19. The number of nitro benzene ring substituents is 1. The Bertz CT molecular complexity index is 1320. The van der Waals surface area contributed by atoms with Crippen molar-refractivity contribution < 1.29 is 24.7 Å². The Hall–Kier alpha value is -3.44. The lowest BCUT2D eigenvalue weighted by Gasteiger charge is -2.21. The maximum absolute atomic E-state index is 13.3. The van der Waals surface area contributed by atoms with Crippen LogP contribution < -0.4 is 4.90 Å². The van der Waals surface area contributed by atoms with Gasteiger partial charge in [0, 0.05) is 23.1 Å². The fraction of sp³-hybridized carbons (Fsp3) is 0.292. The van der Waals surface area contributed by atoms with Gasteiger partial charge in [-0.25, -0.2) is 4.98 Å². The molecule has 4 rings (SSSR count). The molecule has 1 aromatic heterocycles. The van der Waals surface area contributed by atoms with Crippen LogP contribution in [-0.4, -0.2) is 37.2 Å². The number of aryl methyl sites for hydroxylation is 1. The number of phenolic OH excluding ortho intramolecular Hbond substituents is 1. The number of amides is 1. The number of carbonyl (C=O) groups excluding carboxylic acids is 1. The highest BCUT2D eigenvalue weighted by Crippen LogP contribution is 2.48. The van der Waals surface area contributed by atoms with Gasteiger partial charge in [0.2, 0.25) is 5.91 Å². The summed E-state index contributed by atoms with van der Waals surface area (Å²) >= 11 is 2.39. The number of aromatic nitrogens is 1. The van der Waals surface area contributed by atoms with Crippen LogP contribution in [0.15, 0.2) is 41.8 Å². The second kappa shape index (κ2) is 9.67. The van der Waals surface area contributed by atoms with Crippen LogP contribution in [0.5, 0.6) is 5.75 Å². The van der Waals surface area contributed by atoms with Crippen molar-refractivity contribution in [3.8, 4) is 17.0 Å². The molecular formula is C24H23N3O6S2. The third-order valence-electron chi connectivity index (χ3n) is 5.74. The monoisotopic (exact) mass is 513 g/mol. The molecule has 1 saturated heterocycles. The van der Waals surface area contributed by atoms with E-state index in [0.717, 1.165) is 28.5 Å². The fourth-order valence-electron chi connectivity index (χ4n) is 4.00. The number of hydrogen-bond acceptors (Lipinski definition) is 8. The predicted octanol–water partition coefficient (Wildman–Crippen LogP) is 5.48. The van der Waals surface area contributed by atoms with Gasteiger partial charge in [-0.05, 0) is 41.7 Å². The zero-order valence-corrected chi connectivity index (χ0v) is 20.8. The maximum atomic E-state index is 13.3. The van der Waals surface area contributed by atoms with Crippen LogP contribution in [0.3, 0.4) is 0 Å². The van der Waals surface area contributed by atoms with E-state index in [1.165, 1.54) is 28.4 Å². The average molecular weight is 514 g/mol. The Morgan fingerprint density at radius 2 is 2.03 bits per heavy atom. The van der Waals surface area contributed by atoms with Crippen LogP contribution in [0.4, 0.5) is 10.8 Å². The third-order valence-corrected chi connectivity index (χ3v) is 8.01. The van der Waals surface area contributed by atoms with E-state index in [1.807, 2.05) is 32.2 Å². The molecule has 2 aromatic carbocycles. The van der Waals surface area contributed by atoms with Gasteiger partial charge in [0.1, 0.15) is 11.1 Å². The molecule has 0 saturated carbocycles. The molecule has 182 valence electrons. The fourth-order valence-corrected chi connectivity index (χ4v) is 6.33. The Labute approximate surface area is 209 Å². The number of anilines is 1. The highest BCUT2D eigenvalue weighted by atomic mass is 32.2. The first kappa shape index (κ1) is 24.7. The number of phenols is 1. The Morgan fingerprint density at radius 1 is 1.29 bits per heavy atom. The van der Waals surface area contributed by atoms with E-state index in [-0.39, 0.29) is 23.8 Å². The average Bonchev–Trinajstić information content (AvgIpc) is 3.38. The lowest BCUT2D eigenvalue weighted by molar-refractivity contribution is -0.384. The molecule has 11 heteroatoms. The molecule has 2 N–H and O–H groups in total. The van der Waals surface area contributed by atoms with E-state index in [1.54, 1.807) is 18.2 Å². The van der Waals surface area contributed by atoms with E-state index in [0.29, 0.717) is 16.4 Å². The molecule has 0 aliphatic carbocycles. The van der Waals surface area contributed by atoms with Gasteiger partial charge in [0.25, 0.3) is 5.69 Å². The van der Waals surface area contributed by atoms with Gasteiger partial charge < -0.3 is 10.2 Å². The maximum Gasteiger partial charge on any atom is 0.305 e. The number of thioether (sulfide) groups is 1. The van der Waals surface area contributed by atoms with Crippen LogP contribution in [0.2, 0.25) is 0 Å². The SMILES string of the molecule is Cc1cc(O)c(C(C)C)cc1-c1csc(N2C(=O)C(CC(=O)O)SC2c2cccc([N+](=O)[O-])c2)n1. The van der Waals surface area contributed by atoms with Crippen molar-refractivity contribution in [2.24, 2.45) is 0 Å². The quantitative estimate of drug-likeness (QED) is 0.313. The summed E-state index contributed by atoms with van der Waals surface area (Å²) < 4.78 is 0. The van der Waals surface area contributed by atoms with Crippen molar-refractivity contribution in [2.75, 3.05) is 4.90 Å². The first-order valence-corrected chi connectivity index (χ1v) is 12.6. The minimum absolute atomic E-state index is 0.0963. The lowest BCUT2D eigenvalue weighted by atomic mass is 9.95. The zero-order chi connectivity index (χ0) is 25.4. The second-order valence-electron chi connectivity index (χ2n) is 8.53. The van der Waals surface area contributed by atoms with Crippen molar-refractivity contribution in [1.82, 2.24) is 4.98 Å². The molecule has 2 atom stereocenters. The number of nitrogens with zero attached hydrogens (tertiary/aromatic N) is 3. The molecule has 3 aromatic rings. The van der Waals surface area contributed by atoms with Crippen molar-refractivity contribution in [1.29, 1.82) is 0 Å². The van der Waals surface area contributed by atoms with Crippen molar-refractivity contribution in [3.63, 3.8) is 0 Å². The van der Waals surface area contributed by atoms with Crippen molar-refractivity contribution in [2.45, 2.75) is 43.7 Å². The minimum Gasteiger partial charge on any atom is -0.508 e. The highest BCUT2D eigenvalue weighted by molar-refractivity contribution is 8.01. The molecule has 0 radical (unpaired) electrons. The zero-order valence-electron chi connectivity index (χ0n) is 19.2. The molecule has 1 fully saturated rings. The predicted molar refractivity (Wildman–Crippen MR) is 135 cm³/mol. The van der Waals surface area contributed by atoms with Crippen LogP contribution in [0, 0.1) is 17.0 Å². The normalized spacial score (nSPS) is 17.8. The number of rotatable bonds is 7. The molecule has 35 heavy (non-hydrogen) atoms. The topological polar surface area (TPSA) is 134 Å².